The molecular weight excluding hydrogens is 266 g/mol. The lowest BCUT2D eigenvalue weighted by atomic mass is 9.85. The van der Waals surface area contributed by atoms with E-state index in [1.807, 2.05) is 0 Å². The molecule has 0 aromatic carbocycles. The van der Waals surface area contributed by atoms with Gasteiger partial charge in [0.15, 0.2) is 0 Å². The zero-order chi connectivity index (χ0) is 15.0. The molecule has 20 heavy (non-hydrogen) atoms. The number of hydrogen-bond donors (Lipinski definition) is 1. The molecule has 0 spiro atoms. The van der Waals surface area contributed by atoms with Crippen LogP contribution in [0.3, 0.4) is 0 Å². The highest BCUT2D eigenvalue weighted by molar-refractivity contribution is 7.09. The van der Waals surface area contributed by atoms with Crippen molar-refractivity contribution in [1.29, 1.82) is 0 Å². The maximum absolute atomic E-state index is 4.82. The lowest BCUT2D eigenvalue weighted by molar-refractivity contribution is 0.129. The summed E-state index contributed by atoms with van der Waals surface area (Å²) in [6, 6.07) is 0.568. The fourth-order valence-corrected chi connectivity index (χ4v) is 3.52. The van der Waals surface area contributed by atoms with Crippen molar-refractivity contribution in [3.8, 4) is 0 Å². The molecule has 0 amide bonds. The summed E-state index contributed by atoms with van der Waals surface area (Å²) in [4.78, 5) is 7.36. The Hall–Kier alpha value is -0.450. The lowest BCUT2D eigenvalue weighted by Crippen LogP contribution is -2.55. The normalized spacial score (nSPS) is 22.2. The second kappa shape index (κ2) is 5.74. The fourth-order valence-electron chi connectivity index (χ4n) is 2.45. The summed E-state index contributed by atoms with van der Waals surface area (Å²) in [7, 11) is 0. The Kier molecular flexibility index (Phi) is 4.57. The van der Waals surface area contributed by atoms with E-state index in [2.05, 4.69) is 57.1 Å². The summed E-state index contributed by atoms with van der Waals surface area (Å²) in [6.07, 6.45) is 0. The Morgan fingerprint density at radius 2 is 2.00 bits per heavy atom. The van der Waals surface area contributed by atoms with Crippen molar-refractivity contribution >= 4 is 11.3 Å². The molecule has 1 N–H and O–H groups in total. The van der Waals surface area contributed by atoms with Crippen molar-refractivity contribution in [2.45, 2.75) is 59.5 Å². The molecule has 0 aliphatic carbocycles. The van der Waals surface area contributed by atoms with Gasteiger partial charge >= 0.3 is 0 Å². The fraction of sp³-hybridized carbons (Fsp3) is 0.812. The number of nitrogens with zero attached hydrogens (tertiary/aromatic N) is 2. The van der Waals surface area contributed by atoms with Crippen LogP contribution in [-0.2, 0) is 12.0 Å². The van der Waals surface area contributed by atoms with Crippen LogP contribution < -0.4 is 5.32 Å². The molecule has 0 radical (unpaired) electrons. The third-order valence-electron chi connectivity index (χ3n) is 3.98. The van der Waals surface area contributed by atoms with E-state index in [4.69, 9.17) is 4.98 Å². The Balaban J connectivity index is 1.98. The van der Waals surface area contributed by atoms with Crippen LogP contribution in [-0.4, -0.2) is 35.6 Å². The van der Waals surface area contributed by atoms with E-state index in [0.29, 0.717) is 11.5 Å². The Bertz CT molecular complexity index is 439. The van der Waals surface area contributed by atoms with E-state index < -0.39 is 0 Å². The molecule has 1 aliphatic rings. The first-order valence-electron chi connectivity index (χ1n) is 7.57. The van der Waals surface area contributed by atoms with Gasteiger partial charge < -0.3 is 5.32 Å². The number of piperazine rings is 1. The van der Waals surface area contributed by atoms with Crippen LogP contribution in [0.1, 0.15) is 52.2 Å². The monoisotopic (exact) mass is 295 g/mol. The second-order valence-electron chi connectivity index (χ2n) is 7.98. The SMILES string of the molecule is CC(C)(C)c1csc(CN2CCNC(C(C)(C)C)C2)n1. The lowest BCUT2D eigenvalue weighted by Gasteiger charge is -2.40. The molecule has 2 rings (SSSR count). The molecule has 0 bridgehead atoms. The van der Waals surface area contributed by atoms with E-state index in [-0.39, 0.29) is 5.41 Å². The smallest absolute Gasteiger partial charge is 0.107 e. The van der Waals surface area contributed by atoms with Gasteiger partial charge in [-0.25, -0.2) is 4.98 Å². The molecule has 4 heteroatoms. The van der Waals surface area contributed by atoms with Gasteiger partial charge in [0.05, 0.1) is 12.2 Å². The topological polar surface area (TPSA) is 28.2 Å². The summed E-state index contributed by atoms with van der Waals surface area (Å²) in [5.74, 6) is 0. The number of thiazole rings is 1. The zero-order valence-corrected chi connectivity index (χ0v) is 14.6. The third-order valence-corrected chi connectivity index (χ3v) is 4.82. The van der Waals surface area contributed by atoms with Crippen molar-refractivity contribution in [2.24, 2.45) is 5.41 Å². The van der Waals surface area contributed by atoms with Crippen LogP contribution in [0.5, 0.6) is 0 Å². The highest BCUT2D eigenvalue weighted by Crippen LogP contribution is 2.26. The van der Waals surface area contributed by atoms with Gasteiger partial charge in [0, 0.05) is 36.5 Å². The van der Waals surface area contributed by atoms with E-state index >= 15 is 0 Å². The molecule has 1 unspecified atom stereocenters. The minimum absolute atomic E-state index is 0.159. The minimum Gasteiger partial charge on any atom is -0.311 e. The summed E-state index contributed by atoms with van der Waals surface area (Å²) < 4.78 is 0. The molecule has 114 valence electrons. The van der Waals surface area contributed by atoms with E-state index in [9.17, 15) is 0 Å². The minimum atomic E-state index is 0.159. The highest BCUT2D eigenvalue weighted by Gasteiger charge is 2.29. The van der Waals surface area contributed by atoms with E-state index in [1.165, 1.54) is 10.7 Å². The number of aromatic nitrogens is 1. The van der Waals surface area contributed by atoms with Gasteiger partial charge in [0.25, 0.3) is 0 Å². The quantitative estimate of drug-likeness (QED) is 0.907. The number of nitrogens with one attached hydrogen (secondary N) is 1. The molecule has 2 heterocycles. The highest BCUT2D eigenvalue weighted by atomic mass is 32.1. The standard InChI is InChI=1S/C16H29N3S/c1-15(2,3)12-9-19(8-7-17-12)10-14-18-13(11-20-14)16(4,5)6/h11-12,17H,7-10H2,1-6H3. The molecule has 1 atom stereocenters. The molecule has 1 saturated heterocycles. The van der Waals surface area contributed by atoms with Gasteiger partial charge in [-0.2, -0.15) is 0 Å². The Morgan fingerprint density at radius 1 is 1.30 bits per heavy atom. The predicted octanol–water partition coefficient (Wildman–Crippen LogP) is 3.26. The van der Waals surface area contributed by atoms with Gasteiger partial charge in [-0.3, -0.25) is 4.90 Å². The first-order valence-corrected chi connectivity index (χ1v) is 8.45. The van der Waals surface area contributed by atoms with Crippen LogP contribution in [0.4, 0.5) is 0 Å². The zero-order valence-electron chi connectivity index (χ0n) is 13.8. The molecule has 3 nitrogen and oxygen atoms in total. The van der Waals surface area contributed by atoms with Gasteiger partial charge in [-0.15, -0.1) is 11.3 Å². The van der Waals surface area contributed by atoms with Crippen LogP contribution >= 0.6 is 11.3 Å². The van der Waals surface area contributed by atoms with Crippen molar-refractivity contribution in [3.63, 3.8) is 0 Å². The maximum Gasteiger partial charge on any atom is 0.107 e. The molecule has 1 aliphatic heterocycles. The van der Waals surface area contributed by atoms with Crippen LogP contribution in [0, 0.1) is 5.41 Å². The molecule has 1 aromatic rings. The predicted molar refractivity (Wildman–Crippen MR) is 87.3 cm³/mol. The van der Waals surface area contributed by atoms with Gasteiger partial charge in [-0.1, -0.05) is 41.5 Å². The van der Waals surface area contributed by atoms with Crippen molar-refractivity contribution in [1.82, 2.24) is 15.2 Å². The van der Waals surface area contributed by atoms with Crippen molar-refractivity contribution in [3.05, 3.63) is 16.1 Å². The van der Waals surface area contributed by atoms with Gasteiger partial charge in [-0.05, 0) is 5.41 Å². The Morgan fingerprint density at radius 3 is 2.55 bits per heavy atom. The van der Waals surface area contributed by atoms with E-state index in [0.717, 1.165) is 26.2 Å². The van der Waals surface area contributed by atoms with Crippen molar-refractivity contribution in [2.75, 3.05) is 19.6 Å². The number of rotatable bonds is 2. The van der Waals surface area contributed by atoms with Crippen LogP contribution in [0.15, 0.2) is 5.38 Å². The summed E-state index contributed by atoms with van der Waals surface area (Å²) in [5, 5.41) is 7.12. The first kappa shape index (κ1) is 15.9. The molecule has 0 saturated carbocycles. The average molecular weight is 295 g/mol. The largest absolute Gasteiger partial charge is 0.311 e. The van der Waals surface area contributed by atoms with Gasteiger partial charge in [0.2, 0.25) is 0 Å². The Labute approximate surface area is 127 Å². The number of hydrogen-bond acceptors (Lipinski definition) is 4. The maximum atomic E-state index is 4.82. The van der Waals surface area contributed by atoms with E-state index in [1.54, 1.807) is 11.3 Å². The summed E-state index contributed by atoms with van der Waals surface area (Å²) >= 11 is 1.81. The summed E-state index contributed by atoms with van der Waals surface area (Å²) in [6.45, 7) is 17.9. The van der Waals surface area contributed by atoms with Crippen LogP contribution in [0.25, 0.3) is 0 Å². The second-order valence-corrected chi connectivity index (χ2v) is 8.93. The summed E-state index contributed by atoms with van der Waals surface area (Å²) in [5.41, 5.74) is 1.70. The molecule has 1 fully saturated rings. The average Bonchev–Trinajstić information content (AvgIpc) is 2.76. The van der Waals surface area contributed by atoms with Crippen molar-refractivity contribution < 1.29 is 0 Å². The third kappa shape index (κ3) is 4.03. The first-order chi connectivity index (χ1) is 9.16. The van der Waals surface area contributed by atoms with Crippen LogP contribution in [0.2, 0.25) is 0 Å². The molecule has 1 aromatic heterocycles. The van der Waals surface area contributed by atoms with Gasteiger partial charge in [0.1, 0.15) is 5.01 Å². The molecular formula is C16H29N3S.